The highest BCUT2D eigenvalue weighted by molar-refractivity contribution is 4.82. The Morgan fingerprint density at radius 1 is 0.688 bits per heavy atom. The third-order valence-electron chi connectivity index (χ3n) is 2.36. The lowest BCUT2D eigenvalue weighted by molar-refractivity contribution is -0.106. The van der Waals surface area contributed by atoms with Crippen LogP contribution in [0.4, 0.5) is 0 Å². The number of allylic oxidation sites excluding steroid dienone is 2. The van der Waals surface area contributed by atoms with Gasteiger partial charge in [-0.3, -0.25) is 0 Å². The summed E-state index contributed by atoms with van der Waals surface area (Å²) < 4.78 is 20.3. The lowest BCUT2D eigenvalue weighted by Gasteiger charge is -2.12. The monoisotopic (exact) mass is 232 g/mol. The first kappa shape index (κ1) is 15.6. The molecule has 0 saturated heterocycles. The Morgan fingerprint density at radius 2 is 1.00 bits per heavy atom. The Balaban J connectivity index is 3.47. The van der Waals surface area contributed by atoms with Gasteiger partial charge >= 0.3 is 0 Å². The second kappa shape index (κ2) is 11.1. The molecular formula is C12H24O4. The van der Waals surface area contributed by atoms with E-state index in [1.807, 2.05) is 0 Å². The summed E-state index contributed by atoms with van der Waals surface area (Å²) in [5.41, 5.74) is 0. The number of ether oxygens (including phenoxy) is 4. The van der Waals surface area contributed by atoms with Gasteiger partial charge in [0.15, 0.2) is 12.6 Å². The maximum atomic E-state index is 5.08. The van der Waals surface area contributed by atoms with Crippen LogP contribution in [-0.4, -0.2) is 41.0 Å². The highest BCUT2D eigenvalue weighted by Crippen LogP contribution is 2.05. The van der Waals surface area contributed by atoms with Gasteiger partial charge in [-0.05, 0) is 12.8 Å². The minimum atomic E-state index is -0.102. The van der Waals surface area contributed by atoms with Crippen LogP contribution in [0.5, 0.6) is 0 Å². The molecule has 0 heterocycles. The first-order valence-corrected chi connectivity index (χ1v) is 5.54. The number of rotatable bonds is 10. The Hall–Kier alpha value is -0.420. The highest BCUT2D eigenvalue weighted by Gasteiger charge is 2.03. The summed E-state index contributed by atoms with van der Waals surface area (Å²) >= 11 is 0. The zero-order chi connectivity index (χ0) is 12.2. The summed E-state index contributed by atoms with van der Waals surface area (Å²) in [5, 5.41) is 0. The van der Waals surface area contributed by atoms with Crippen LogP contribution >= 0.6 is 0 Å². The quantitative estimate of drug-likeness (QED) is 0.428. The molecule has 0 aromatic heterocycles. The van der Waals surface area contributed by atoms with Crippen molar-refractivity contribution >= 4 is 0 Å². The zero-order valence-corrected chi connectivity index (χ0v) is 10.8. The van der Waals surface area contributed by atoms with E-state index >= 15 is 0 Å². The second-order valence-corrected chi connectivity index (χ2v) is 3.43. The molecule has 0 fully saturated rings. The maximum Gasteiger partial charge on any atom is 0.157 e. The van der Waals surface area contributed by atoms with Gasteiger partial charge in [-0.25, -0.2) is 0 Å². The number of hydrogen-bond acceptors (Lipinski definition) is 4. The Labute approximate surface area is 98.5 Å². The van der Waals surface area contributed by atoms with Gasteiger partial charge in [-0.1, -0.05) is 12.2 Å². The summed E-state index contributed by atoms with van der Waals surface area (Å²) in [7, 11) is 6.61. The van der Waals surface area contributed by atoms with Gasteiger partial charge < -0.3 is 18.9 Å². The molecule has 0 rings (SSSR count). The van der Waals surface area contributed by atoms with Gasteiger partial charge in [-0.2, -0.15) is 0 Å². The van der Waals surface area contributed by atoms with Crippen molar-refractivity contribution in [1.82, 2.24) is 0 Å². The van der Waals surface area contributed by atoms with Crippen molar-refractivity contribution in [3.8, 4) is 0 Å². The predicted octanol–water partition coefficient (Wildman–Crippen LogP) is 2.34. The molecule has 0 spiro atoms. The molecule has 0 aliphatic carbocycles. The van der Waals surface area contributed by atoms with Crippen molar-refractivity contribution in [2.24, 2.45) is 0 Å². The standard InChI is InChI=1S/C12H24O4/c1-13-11(14-2)9-7-5-6-8-10-12(15-3)16-4/h5-6,11-12H,7-10H2,1-4H3/b6-5-. The van der Waals surface area contributed by atoms with Gasteiger partial charge in [-0.15, -0.1) is 0 Å². The molecule has 0 aromatic rings. The van der Waals surface area contributed by atoms with E-state index in [1.54, 1.807) is 28.4 Å². The van der Waals surface area contributed by atoms with E-state index in [1.165, 1.54) is 0 Å². The molecule has 4 heteroatoms. The van der Waals surface area contributed by atoms with Crippen LogP contribution in [0.2, 0.25) is 0 Å². The molecule has 0 atom stereocenters. The topological polar surface area (TPSA) is 36.9 Å². The molecule has 0 unspecified atom stereocenters. The SMILES string of the molecule is COC(CC/C=C\CCC(OC)OC)OC. The van der Waals surface area contributed by atoms with Crippen molar-refractivity contribution in [2.45, 2.75) is 38.3 Å². The first-order chi connectivity index (χ1) is 7.78. The third-order valence-corrected chi connectivity index (χ3v) is 2.36. The van der Waals surface area contributed by atoms with E-state index in [0.29, 0.717) is 0 Å². The van der Waals surface area contributed by atoms with E-state index in [9.17, 15) is 0 Å². The van der Waals surface area contributed by atoms with Crippen molar-refractivity contribution < 1.29 is 18.9 Å². The molecular weight excluding hydrogens is 208 g/mol. The largest absolute Gasteiger partial charge is 0.356 e. The van der Waals surface area contributed by atoms with Crippen molar-refractivity contribution in [1.29, 1.82) is 0 Å². The number of hydrogen-bond donors (Lipinski definition) is 0. The third kappa shape index (κ3) is 7.82. The number of methoxy groups -OCH3 is 4. The fourth-order valence-electron chi connectivity index (χ4n) is 1.36. The highest BCUT2D eigenvalue weighted by atomic mass is 16.7. The van der Waals surface area contributed by atoms with Crippen LogP contribution in [0.3, 0.4) is 0 Å². The van der Waals surface area contributed by atoms with E-state index in [-0.39, 0.29) is 12.6 Å². The maximum absolute atomic E-state index is 5.08. The van der Waals surface area contributed by atoms with Gasteiger partial charge in [0.05, 0.1) is 0 Å². The minimum Gasteiger partial charge on any atom is -0.356 e. The molecule has 0 saturated carbocycles. The molecule has 0 amide bonds. The van der Waals surface area contributed by atoms with Crippen LogP contribution in [0.25, 0.3) is 0 Å². The van der Waals surface area contributed by atoms with Crippen LogP contribution < -0.4 is 0 Å². The summed E-state index contributed by atoms with van der Waals surface area (Å²) in [6, 6.07) is 0. The summed E-state index contributed by atoms with van der Waals surface area (Å²) in [4.78, 5) is 0. The minimum absolute atomic E-state index is 0.102. The Bertz CT molecular complexity index is 144. The summed E-state index contributed by atoms with van der Waals surface area (Å²) in [6.07, 6.45) is 7.73. The molecule has 4 nitrogen and oxygen atoms in total. The lowest BCUT2D eigenvalue weighted by Crippen LogP contribution is -2.12. The normalized spacial score (nSPS) is 12.1. The fraction of sp³-hybridized carbons (Fsp3) is 0.833. The van der Waals surface area contributed by atoms with E-state index in [2.05, 4.69) is 12.2 Å². The molecule has 0 aromatic carbocycles. The summed E-state index contributed by atoms with van der Waals surface area (Å²) in [5.74, 6) is 0. The molecule has 0 radical (unpaired) electrons. The fourth-order valence-corrected chi connectivity index (χ4v) is 1.36. The lowest BCUT2D eigenvalue weighted by atomic mass is 10.2. The molecule has 0 bridgehead atoms. The van der Waals surface area contributed by atoms with Gasteiger partial charge in [0.25, 0.3) is 0 Å². The molecule has 96 valence electrons. The van der Waals surface area contributed by atoms with Crippen LogP contribution in [0.1, 0.15) is 25.7 Å². The molecule has 0 aliphatic heterocycles. The Morgan fingerprint density at radius 3 is 1.25 bits per heavy atom. The molecule has 0 N–H and O–H groups in total. The second-order valence-electron chi connectivity index (χ2n) is 3.43. The zero-order valence-electron chi connectivity index (χ0n) is 10.8. The van der Waals surface area contributed by atoms with Crippen molar-refractivity contribution in [3.05, 3.63) is 12.2 Å². The summed E-state index contributed by atoms with van der Waals surface area (Å²) in [6.45, 7) is 0. The first-order valence-electron chi connectivity index (χ1n) is 5.54. The molecule has 16 heavy (non-hydrogen) atoms. The van der Waals surface area contributed by atoms with Crippen LogP contribution in [0, 0.1) is 0 Å². The average molecular weight is 232 g/mol. The van der Waals surface area contributed by atoms with Crippen molar-refractivity contribution in [3.63, 3.8) is 0 Å². The van der Waals surface area contributed by atoms with Crippen LogP contribution in [-0.2, 0) is 18.9 Å². The van der Waals surface area contributed by atoms with E-state index < -0.39 is 0 Å². The van der Waals surface area contributed by atoms with E-state index in [4.69, 9.17) is 18.9 Å². The average Bonchev–Trinajstić information content (AvgIpc) is 2.33. The van der Waals surface area contributed by atoms with Crippen molar-refractivity contribution in [2.75, 3.05) is 28.4 Å². The smallest absolute Gasteiger partial charge is 0.157 e. The molecule has 0 aliphatic rings. The van der Waals surface area contributed by atoms with Gasteiger partial charge in [0, 0.05) is 41.3 Å². The predicted molar refractivity (Wildman–Crippen MR) is 63.2 cm³/mol. The van der Waals surface area contributed by atoms with E-state index in [0.717, 1.165) is 25.7 Å². The Kier molecular flexibility index (Phi) is 10.8. The van der Waals surface area contributed by atoms with Gasteiger partial charge in [0.2, 0.25) is 0 Å². The van der Waals surface area contributed by atoms with Gasteiger partial charge in [0.1, 0.15) is 0 Å². The van der Waals surface area contributed by atoms with Crippen LogP contribution in [0.15, 0.2) is 12.2 Å².